The fourth-order valence-corrected chi connectivity index (χ4v) is 2.06. The van der Waals surface area contributed by atoms with Crippen LogP contribution >= 0.6 is 18.8 Å². The average molecular weight is 753 g/mol. The van der Waals surface area contributed by atoms with Gasteiger partial charge >= 0.3 is 56.4 Å². The Bertz CT molecular complexity index is 604. The summed E-state index contributed by atoms with van der Waals surface area (Å²) in [5.74, 6) is 0. The van der Waals surface area contributed by atoms with Crippen molar-refractivity contribution in [2.45, 2.75) is 13.8 Å². The Labute approximate surface area is 189 Å². The van der Waals surface area contributed by atoms with E-state index in [1.54, 1.807) is 51.6 Å². The topological polar surface area (TPSA) is 28.2 Å². The summed E-state index contributed by atoms with van der Waals surface area (Å²) in [6.45, 7) is 11.7. The van der Waals surface area contributed by atoms with E-state index in [2.05, 4.69) is 42.6 Å². The average Bonchev–Trinajstić information content (AvgIpc) is 2.71. The van der Waals surface area contributed by atoms with Gasteiger partial charge in [0.1, 0.15) is 0 Å². The molecule has 6 heteroatoms. The number of halogens is 2. The first-order valence-electron chi connectivity index (χ1n) is 7.44. The zero-order valence-electron chi connectivity index (χ0n) is 15.3. The van der Waals surface area contributed by atoms with Crippen LogP contribution in [0, 0.1) is 0 Å². The molecule has 0 bridgehead atoms. The molecule has 0 aromatic heterocycles. The Balaban J connectivity index is 0. The van der Waals surface area contributed by atoms with Crippen molar-refractivity contribution in [2.24, 2.45) is 0 Å². The van der Waals surface area contributed by atoms with Crippen LogP contribution < -0.4 is 0 Å². The molecule has 0 amide bonds. The van der Waals surface area contributed by atoms with Crippen LogP contribution in [0.1, 0.15) is 25.0 Å². The molecule has 2 aromatic carbocycles. The minimum absolute atomic E-state index is 1.01. The number of rotatable bonds is 4. The third-order valence-corrected chi connectivity index (χ3v) is 3.21. The molecule has 2 aromatic rings. The molecule has 0 atom stereocenters. The molecular formula is C20H24Cl2N2Pt2. The molecule has 2 rings (SSSR count). The van der Waals surface area contributed by atoms with Gasteiger partial charge in [0, 0.05) is 0 Å². The van der Waals surface area contributed by atoms with Crippen LogP contribution in [0.5, 0.6) is 0 Å². The van der Waals surface area contributed by atoms with Crippen molar-refractivity contribution in [3.63, 3.8) is 0 Å². The predicted octanol–water partition coefficient (Wildman–Crippen LogP) is 8.08. The van der Waals surface area contributed by atoms with Gasteiger partial charge in [0.15, 0.2) is 0 Å². The zero-order valence-corrected chi connectivity index (χ0v) is 21.4. The molecule has 0 spiro atoms. The van der Waals surface area contributed by atoms with Crippen LogP contribution in [0.3, 0.4) is 0 Å². The monoisotopic (exact) mass is 752 g/mol. The summed E-state index contributed by atoms with van der Waals surface area (Å²) >= 11 is 3.22. The van der Waals surface area contributed by atoms with Gasteiger partial charge in [0.2, 0.25) is 0 Å². The predicted molar refractivity (Wildman–Crippen MR) is 112 cm³/mol. The Hall–Kier alpha value is -0.523. The Kier molecular flexibility index (Phi) is 19.0. The van der Waals surface area contributed by atoms with Gasteiger partial charge in [0.05, 0.1) is 0 Å². The number of nitrogens with zero attached hydrogens (tertiary/aromatic N) is 2. The molecule has 0 aliphatic carbocycles. The summed E-state index contributed by atoms with van der Waals surface area (Å²) in [5.41, 5.74) is 6.42. The van der Waals surface area contributed by atoms with Gasteiger partial charge in [0.25, 0.3) is 0 Å². The third kappa shape index (κ3) is 10.6. The number of para-hydroxylation sites is 2. The van der Waals surface area contributed by atoms with E-state index in [0.29, 0.717) is 0 Å². The van der Waals surface area contributed by atoms with E-state index in [-0.39, 0.29) is 0 Å². The summed E-state index contributed by atoms with van der Waals surface area (Å²) in [6.07, 6.45) is 0. The van der Waals surface area contributed by atoms with Gasteiger partial charge < -0.3 is 10.6 Å². The molecule has 0 aliphatic rings. The molecule has 0 aliphatic heterocycles. The molecule has 0 unspecified atom stereocenters. The molecular weight excluding hydrogens is 729 g/mol. The second-order valence-corrected chi connectivity index (χ2v) is 5.04. The van der Waals surface area contributed by atoms with Crippen LogP contribution in [0.25, 0.3) is 21.8 Å². The van der Waals surface area contributed by atoms with E-state index in [9.17, 15) is 0 Å². The molecule has 0 heterocycles. The molecule has 26 heavy (non-hydrogen) atoms. The molecule has 148 valence electrons. The second kappa shape index (κ2) is 17.9. The van der Waals surface area contributed by atoms with Crippen LogP contribution in [0.4, 0.5) is 11.4 Å². The van der Waals surface area contributed by atoms with Gasteiger partial charge in [-0.1, -0.05) is 72.8 Å². The summed E-state index contributed by atoms with van der Waals surface area (Å²) in [7, 11) is 12.8. The first kappa shape index (κ1) is 27.7. The van der Waals surface area contributed by atoms with Crippen LogP contribution in [-0.2, 0) is 37.5 Å². The number of benzene rings is 2. The van der Waals surface area contributed by atoms with E-state index in [0.717, 1.165) is 33.6 Å². The van der Waals surface area contributed by atoms with E-state index in [4.69, 9.17) is 0 Å². The SMILES string of the molecule is C=C(C)c1ccccc1[N-]C.C=C(C)c1ccccc1[N-]C.[Cl][Pt+].[Cl][Pt+]. The maximum absolute atomic E-state index is 4.61. The fraction of sp³-hybridized carbons (Fsp3) is 0.200. The number of hydrogen-bond acceptors (Lipinski definition) is 0. The zero-order chi connectivity index (χ0) is 20.5. The Morgan fingerprint density at radius 1 is 0.692 bits per heavy atom. The normalized spacial score (nSPS) is 8.38. The van der Waals surface area contributed by atoms with Crippen molar-refractivity contribution in [1.82, 2.24) is 0 Å². The van der Waals surface area contributed by atoms with Gasteiger partial charge in [-0.05, 0) is 25.0 Å². The van der Waals surface area contributed by atoms with Gasteiger partial charge in [-0.25, -0.2) is 0 Å². The fourth-order valence-electron chi connectivity index (χ4n) is 2.06. The van der Waals surface area contributed by atoms with Crippen LogP contribution in [-0.4, -0.2) is 14.1 Å². The summed E-state index contributed by atoms with van der Waals surface area (Å²) in [5, 5.41) is 8.26. The van der Waals surface area contributed by atoms with Crippen molar-refractivity contribution in [3.8, 4) is 0 Å². The van der Waals surface area contributed by atoms with E-state index in [1.807, 2.05) is 62.4 Å². The van der Waals surface area contributed by atoms with Crippen molar-refractivity contribution in [2.75, 3.05) is 14.1 Å². The Morgan fingerprint density at radius 2 is 0.962 bits per heavy atom. The number of hydrogen-bond donors (Lipinski definition) is 0. The third-order valence-electron chi connectivity index (χ3n) is 3.21. The van der Waals surface area contributed by atoms with E-state index < -0.39 is 0 Å². The van der Waals surface area contributed by atoms with Gasteiger partial charge in [-0.3, -0.25) is 0 Å². The molecule has 0 fully saturated rings. The van der Waals surface area contributed by atoms with E-state index in [1.165, 1.54) is 0 Å². The summed E-state index contributed by atoms with van der Waals surface area (Å²) in [6, 6.07) is 16.0. The van der Waals surface area contributed by atoms with Crippen molar-refractivity contribution >= 4 is 41.4 Å². The number of allylic oxidation sites excluding steroid dienone is 2. The molecule has 0 saturated heterocycles. The van der Waals surface area contributed by atoms with Crippen molar-refractivity contribution < 1.29 is 37.5 Å². The van der Waals surface area contributed by atoms with Gasteiger partial charge in [-0.2, -0.15) is 0 Å². The molecule has 2 nitrogen and oxygen atoms in total. The van der Waals surface area contributed by atoms with Crippen LogP contribution in [0.15, 0.2) is 61.7 Å². The van der Waals surface area contributed by atoms with Crippen LogP contribution in [0.2, 0.25) is 0 Å². The quantitative estimate of drug-likeness (QED) is 0.302. The first-order chi connectivity index (χ1) is 12.5. The second-order valence-electron chi connectivity index (χ2n) is 5.04. The van der Waals surface area contributed by atoms with Crippen molar-refractivity contribution in [1.29, 1.82) is 0 Å². The summed E-state index contributed by atoms with van der Waals surface area (Å²) in [4.78, 5) is 0. The molecule has 0 saturated carbocycles. The minimum atomic E-state index is 1.01. The Morgan fingerprint density at radius 3 is 1.15 bits per heavy atom. The molecule has 0 N–H and O–H groups in total. The summed E-state index contributed by atoms with van der Waals surface area (Å²) < 4.78 is 0. The standard InChI is InChI=1S/2C10H12N.2ClH.2Pt/c2*1-8(2)9-6-4-5-7-10(9)11-3;;;;/h2*4-7H,1H2,2-3H3;2*1H;;/q2*-1;;;2*+2/p-2. The van der Waals surface area contributed by atoms with E-state index >= 15 is 0 Å². The van der Waals surface area contributed by atoms with Crippen molar-refractivity contribution in [3.05, 3.63) is 83.4 Å². The maximum atomic E-state index is 4.61. The molecule has 0 radical (unpaired) electrons. The van der Waals surface area contributed by atoms with Gasteiger partial charge in [-0.15, -0.1) is 25.5 Å². The first-order valence-corrected chi connectivity index (χ1v) is 13.1.